The zero-order valence-corrected chi connectivity index (χ0v) is 12.7. The first-order valence-electron chi connectivity index (χ1n) is 7.47. The van der Waals surface area contributed by atoms with E-state index >= 15 is 0 Å². The third-order valence-electron chi connectivity index (χ3n) is 4.58. The predicted molar refractivity (Wildman–Crippen MR) is 78.0 cm³/mol. The number of ether oxygens (including phenoxy) is 1. The minimum absolute atomic E-state index is 0.273. The molecule has 1 aliphatic carbocycles. The van der Waals surface area contributed by atoms with Crippen molar-refractivity contribution in [3.63, 3.8) is 0 Å². The van der Waals surface area contributed by atoms with Crippen molar-refractivity contribution in [1.29, 1.82) is 0 Å². The number of benzene rings is 1. The fourth-order valence-electron chi connectivity index (χ4n) is 3.11. The van der Waals surface area contributed by atoms with Crippen molar-refractivity contribution < 1.29 is 14.2 Å². The van der Waals surface area contributed by atoms with Crippen LogP contribution in [-0.4, -0.2) is 17.3 Å². The summed E-state index contributed by atoms with van der Waals surface area (Å²) in [5.74, 6) is -0.357. The van der Waals surface area contributed by atoms with Gasteiger partial charge in [-0.3, -0.25) is 0 Å². The molecule has 1 saturated carbocycles. The molecule has 0 bridgehead atoms. The molecule has 1 aromatic carbocycles. The molecule has 112 valence electrons. The summed E-state index contributed by atoms with van der Waals surface area (Å²) in [6.45, 7) is 6.93. The molecule has 0 heterocycles. The third kappa shape index (κ3) is 3.04. The average molecular weight is 280 g/mol. The molecule has 2 nitrogen and oxygen atoms in total. The van der Waals surface area contributed by atoms with Gasteiger partial charge in [0.1, 0.15) is 11.9 Å². The van der Waals surface area contributed by atoms with Crippen molar-refractivity contribution >= 4 is 0 Å². The van der Waals surface area contributed by atoms with Crippen molar-refractivity contribution in [2.75, 3.05) is 6.61 Å². The van der Waals surface area contributed by atoms with Gasteiger partial charge in [-0.15, -0.1) is 0 Å². The van der Waals surface area contributed by atoms with Crippen LogP contribution in [0.15, 0.2) is 24.3 Å². The molecule has 1 N–H and O–H groups in total. The fraction of sp³-hybridized carbons (Fsp3) is 0.647. The summed E-state index contributed by atoms with van der Waals surface area (Å²) < 4.78 is 19.9. The molecular weight excluding hydrogens is 255 g/mol. The van der Waals surface area contributed by atoms with Crippen LogP contribution in [-0.2, 0) is 4.74 Å². The molecule has 1 aliphatic rings. The Morgan fingerprint density at radius 1 is 1.20 bits per heavy atom. The van der Waals surface area contributed by atoms with Crippen LogP contribution in [0, 0.1) is 11.2 Å². The van der Waals surface area contributed by atoms with Gasteiger partial charge >= 0.3 is 0 Å². The lowest BCUT2D eigenvalue weighted by atomic mass is 9.68. The highest BCUT2D eigenvalue weighted by molar-refractivity contribution is 5.23. The van der Waals surface area contributed by atoms with Crippen molar-refractivity contribution in [2.45, 2.75) is 58.2 Å². The Bertz CT molecular complexity index is 446. The molecule has 1 atom stereocenters. The second-order valence-corrected chi connectivity index (χ2v) is 6.59. The summed E-state index contributed by atoms with van der Waals surface area (Å²) in [6, 6.07) is 6.45. The van der Waals surface area contributed by atoms with Gasteiger partial charge in [-0.2, -0.15) is 0 Å². The second-order valence-electron chi connectivity index (χ2n) is 6.59. The number of aliphatic hydroxyl groups excluding tert-OH is 1. The minimum atomic E-state index is -0.903. The van der Waals surface area contributed by atoms with Crippen LogP contribution in [0.4, 0.5) is 4.39 Å². The smallest absolute Gasteiger partial charge is 0.129 e. The van der Waals surface area contributed by atoms with Crippen molar-refractivity contribution in [2.24, 2.45) is 5.41 Å². The van der Waals surface area contributed by atoms with Gasteiger partial charge in [0.05, 0.1) is 5.60 Å². The van der Waals surface area contributed by atoms with E-state index < -0.39 is 11.7 Å². The molecule has 1 unspecified atom stereocenters. The van der Waals surface area contributed by atoms with Crippen LogP contribution in [0.5, 0.6) is 0 Å². The highest BCUT2D eigenvalue weighted by Crippen LogP contribution is 2.47. The molecule has 0 radical (unpaired) electrons. The van der Waals surface area contributed by atoms with E-state index in [9.17, 15) is 9.50 Å². The molecule has 2 rings (SSSR count). The highest BCUT2D eigenvalue weighted by Gasteiger charge is 2.45. The summed E-state index contributed by atoms with van der Waals surface area (Å²) in [7, 11) is 0. The topological polar surface area (TPSA) is 29.5 Å². The van der Waals surface area contributed by atoms with E-state index in [-0.39, 0.29) is 11.2 Å². The van der Waals surface area contributed by atoms with E-state index in [2.05, 4.69) is 13.8 Å². The maximum Gasteiger partial charge on any atom is 0.129 e. The lowest BCUT2D eigenvalue weighted by Crippen LogP contribution is -2.45. The van der Waals surface area contributed by atoms with Crippen LogP contribution in [0.1, 0.15) is 58.1 Å². The first-order chi connectivity index (χ1) is 9.40. The quantitative estimate of drug-likeness (QED) is 0.894. The Morgan fingerprint density at radius 2 is 1.80 bits per heavy atom. The lowest BCUT2D eigenvalue weighted by molar-refractivity contribution is -0.154. The van der Waals surface area contributed by atoms with Gasteiger partial charge in [-0.1, -0.05) is 32.0 Å². The zero-order valence-electron chi connectivity index (χ0n) is 12.7. The van der Waals surface area contributed by atoms with Crippen LogP contribution in [0.2, 0.25) is 0 Å². The standard InChI is InChI=1S/C17H25FO2/c1-4-20-17(11-9-16(2,3)10-12-17)15(19)13-7-5-6-8-14(13)18/h5-8,15,19H,4,9-12H2,1-3H3. The Hall–Kier alpha value is -0.930. The molecule has 0 aliphatic heterocycles. The molecule has 0 spiro atoms. The zero-order chi connectivity index (χ0) is 14.8. The van der Waals surface area contributed by atoms with Crippen LogP contribution >= 0.6 is 0 Å². The number of rotatable bonds is 4. The van der Waals surface area contributed by atoms with Gasteiger partial charge < -0.3 is 9.84 Å². The first kappa shape index (κ1) is 15.5. The molecule has 0 aromatic heterocycles. The summed E-state index contributed by atoms with van der Waals surface area (Å²) >= 11 is 0. The maximum absolute atomic E-state index is 13.9. The Kier molecular flexibility index (Phi) is 4.50. The van der Waals surface area contributed by atoms with E-state index in [0.717, 1.165) is 25.7 Å². The normalized spacial score (nSPS) is 22.4. The van der Waals surface area contributed by atoms with Gasteiger partial charge in [0.2, 0.25) is 0 Å². The van der Waals surface area contributed by atoms with E-state index in [1.165, 1.54) is 6.07 Å². The van der Waals surface area contributed by atoms with Crippen molar-refractivity contribution in [3.05, 3.63) is 35.6 Å². The first-order valence-corrected chi connectivity index (χ1v) is 7.47. The number of aliphatic hydroxyl groups is 1. The molecule has 0 amide bonds. The SMILES string of the molecule is CCOC1(C(O)c2ccccc2F)CCC(C)(C)CC1. The summed E-state index contributed by atoms with van der Waals surface area (Å²) in [5.41, 5.74) is -0.0252. The molecule has 1 fully saturated rings. The molecule has 1 aromatic rings. The van der Waals surface area contributed by atoms with Crippen LogP contribution in [0.25, 0.3) is 0 Å². The molecule has 3 heteroatoms. The number of halogens is 1. The van der Waals surface area contributed by atoms with Gasteiger partial charge in [0, 0.05) is 12.2 Å². The molecule has 0 saturated heterocycles. The highest BCUT2D eigenvalue weighted by atomic mass is 19.1. The fourth-order valence-corrected chi connectivity index (χ4v) is 3.11. The monoisotopic (exact) mass is 280 g/mol. The van der Waals surface area contributed by atoms with Crippen molar-refractivity contribution in [3.8, 4) is 0 Å². The van der Waals surface area contributed by atoms with Crippen molar-refractivity contribution in [1.82, 2.24) is 0 Å². The van der Waals surface area contributed by atoms with Gasteiger partial charge in [-0.25, -0.2) is 4.39 Å². The number of hydrogen-bond donors (Lipinski definition) is 1. The van der Waals surface area contributed by atoms with E-state index in [1.807, 2.05) is 6.92 Å². The van der Waals surface area contributed by atoms with Gasteiger partial charge in [-0.05, 0) is 44.1 Å². The summed E-state index contributed by atoms with van der Waals surface area (Å²) in [5, 5.41) is 10.7. The summed E-state index contributed by atoms with van der Waals surface area (Å²) in [4.78, 5) is 0. The number of hydrogen-bond acceptors (Lipinski definition) is 2. The maximum atomic E-state index is 13.9. The Labute approximate surface area is 121 Å². The van der Waals surface area contributed by atoms with E-state index in [1.54, 1.807) is 18.2 Å². The van der Waals surface area contributed by atoms with Gasteiger partial charge in [0.15, 0.2) is 0 Å². The van der Waals surface area contributed by atoms with E-state index in [0.29, 0.717) is 12.2 Å². The molecular formula is C17H25FO2. The Morgan fingerprint density at radius 3 is 2.35 bits per heavy atom. The lowest BCUT2D eigenvalue weighted by Gasteiger charge is -2.46. The second kappa shape index (κ2) is 5.82. The van der Waals surface area contributed by atoms with Crippen LogP contribution in [0.3, 0.4) is 0 Å². The minimum Gasteiger partial charge on any atom is -0.385 e. The molecule has 20 heavy (non-hydrogen) atoms. The average Bonchev–Trinajstić information content (AvgIpc) is 2.42. The largest absolute Gasteiger partial charge is 0.385 e. The third-order valence-corrected chi connectivity index (χ3v) is 4.58. The Balaban J connectivity index is 2.27. The van der Waals surface area contributed by atoms with E-state index in [4.69, 9.17) is 4.74 Å². The van der Waals surface area contributed by atoms with Crippen LogP contribution < -0.4 is 0 Å². The predicted octanol–water partition coefficient (Wildman–Crippen LogP) is 4.23. The summed E-state index contributed by atoms with van der Waals surface area (Å²) in [6.07, 6.45) is 2.60. The van der Waals surface area contributed by atoms with Gasteiger partial charge in [0.25, 0.3) is 0 Å².